The minimum absolute atomic E-state index is 0.0211. The summed E-state index contributed by atoms with van der Waals surface area (Å²) >= 11 is 0. The number of azo groups is 1. The first-order valence-electron chi connectivity index (χ1n) is 12.8. The van der Waals surface area contributed by atoms with E-state index in [1.165, 1.54) is 6.08 Å². The summed E-state index contributed by atoms with van der Waals surface area (Å²) in [5.74, 6) is -3.50. The lowest BCUT2D eigenvalue weighted by atomic mass is 10.0. The number of carboxylic acid groups (broad SMARTS) is 2. The van der Waals surface area contributed by atoms with E-state index in [-0.39, 0.29) is 30.9 Å². The lowest BCUT2D eigenvalue weighted by Gasteiger charge is -2.22. The van der Waals surface area contributed by atoms with E-state index in [1.54, 1.807) is 69.3 Å². The number of nitrogens with zero attached hydrogens (tertiary/aromatic N) is 2. The van der Waals surface area contributed by atoms with E-state index >= 15 is 0 Å². The van der Waals surface area contributed by atoms with Crippen molar-refractivity contribution in [2.75, 3.05) is 17.2 Å². The predicted octanol–water partition coefficient (Wildman–Crippen LogP) is 4.10. The van der Waals surface area contributed by atoms with Crippen LogP contribution in [0.2, 0.25) is 0 Å². The van der Waals surface area contributed by atoms with E-state index in [0.717, 1.165) is 0 Å². The highest BCUT2D eigenvalue weighted by atomic mass is 16.6. The summed E-state index contributed by atoms with van der Waals surface area (Å²) in [5.41, 5.74) is 6.28. The molecule has 0 spiro atoms. The highest BCUT2D eigenvalue weighted by Gasteiger charge is 2.26. The average Bonchev–Trinajstić information content (AvgIpc) is 2.91. The molecule has 7 N–H and O–H groups in total. The Morgan fingerprint density at radius 3 is 1.81 bits per heavy atom. The second-order valence-electron chi connectivity index (χ2n) is 9.91. The van der Waals surface area contributed by atoms with Crippen LogP contribution in [0.3, 0.4) is 0 Å². The van der Waals surface area contributed by atoms with Crippen LogP contribution < -0.4 is 21.7 Å². The normalized spacial score (nSPS) is 12.3. The summed E-state index contributed by atoms with van der Waals surface area (Å²) in [6, 6.07) is 11.7. The fourth-order valence-corrected chi connectivity index (χ4v) is 3.28. The fourth-order valence-electron chi connectivity index (χ4n) is 3.28. The molecule has 0 fully saturated rings. The Labute approximate surface area is 242 Å². The molecule has 0 aliphatic heterocycles. The molecule has 0 aliphatic carbocycles. The van der Waals surface area contributed by atoms with E-state index in [9.17, 15) is 34.2 Å². The maximum absolute atomic E-state index is 12.4. The number of hydrogen-bond acceptors (Lipinski definition) is 9. The van der Waals surface area contributed by atoms with Crippen molar-refractivity contribution in [3.8, 4) is 0 Å². The van der Waals surface area contributed by atoms with Crippen LogP contribution in [0.5, 0.6) is 0 Å². The smallest absolute Gasteiger partial charge is 0.408 e. The lowest BCUT2D eigenvalue weighted by molar-refractivity contribution is -0.139. The molecular weight excluding hydrogens is 548 g/mol. The van der Waals surface area contributed by atoms with Crippen molar-refractivity contribution in [1.82, 2.24) is 5.32 Å². The number of nitrogens with two attached hydrogens (primary N) is 1. The number of alkyl carbamates (subject to hydrolysis) is 1. The molecule has 224 valence electrons. The van der Waals surface area contributed by atoms with Crippen molar-refractivity contribution in [3.63, 3.8) is 0 Å². The van der Waals surface area contributed by atoms with Gasteiger partial charge in [0.1, 0.15) is 11.6 Å². The first kappa shape index (κ1) is 33.1. The number of hydrogen-bond donors (Lipinski definition) is 6. The molecule has 0 aromatic heterocycles. The van der Waals surface area contributed by atoms with Gasteiger partial charge in [-0.15, -0.1) is 0 Å². The second kappa shape index (κ2) is 15.6. The molecule has 14 heteroatoms. The molecule has 0 saturated carbocycles. The summed E-state index contributed by atoms with van der Waals surface area (Å²) < 4.78 is 5.03. The van der Waals surface area contributed by atoms with Crippen LogP contribution in [0, 0.1) is 0 Å². The number of benzene rings is 2. The molecule has 3 amide bonds. The highest BCUT2D eigenvalue weighted by molar-refractivity contribution is 5.92. The quantitative estimate of drug-likeness (QED) is 0.147. The number of ether oxygens (including phenoxy) is 1. The minimum Gasteiger partial charge on any atom is -0.480 e. The molecule has 0 bridgehead atoms. The lowest BCUT2D eigenvalue weighted by Crippen LogP contribution is -2.44. The number of allylic oxidation sites excluding steroid dienone is 1. The zero-order valence-electron chi connectivity index (χ0n) is 23.4. The highest BCUT2D eigenvalue weighted by Crippen LogP contribution is 2.22. The molecule has 0 aliphatic rings. The van der Waals surface area contributed by atoms with Crippen molar-refractivity contribution in [1.29, 1.82) is 0 Å². The van der Waals surface area contributed by atoms with Gasteiger partial charge in [0, 0.05) is 29.8 Å². The first-order valence-corrected chi connectivity index (χ1v) is 12.8. The molecule has 2 aromatic rings. The zero-order valence-corrected chi connectivity index (χ0v) is 23.4. The fraction of sp³-hybridized carbons (Fsp3) is 0.321. The van der Waals surface area contributed by atoms with Crippen LogP contribution in [0.15, 0.2) is 70.4 Å². The van der Waals surface area contributed by atoms with Gasteiger partial charge >= 0.3 is 18.0 Å². The van der Waals surface area contributed by atoms with Gasteiger partial charge in [-0.05, 0) is 75.7 Å². The van der Waals surface area contributed by atoms with Crippen LogP contribution >= 0.6 is 0 Å². The molecule has 14 nitrogen and oxygen atoms in total. The van der Waals surface area contributed by atoms with Crippen LogP contribution in [0.4, 0.5) is 27.5 Å². The number of nitrogens with one attached hydrogen (secondary N) is 3. The van der Waals surface area contributed by atoms with Crippen LogP contribution in [-0.4, -0.2) is 58.2 Å². The Kier molecular flexibility index (Phi) is 12.3. The van der Waals surface area contributed by atoms with Crippen molar-refractivity contribution < 1.29 is 38.9 Å². The number of rotatable bonds is 13. The maximum atomic E-state index is 12.4. The van der Waals surface area contributed by atoms with Gasteiger partial charge in [-0.2, -0.15) is 10.2 Å². The standard InChI is InChI=1S/C28H34N6O8/c1-28(2,3)42-27(41)32-22(26(39)40)15-17(25(37)38)5-4-6-23(35)30-18-7-11-20(12-8-18)33-34-21-13-9-19(10-14-21)31-24(36)16-29/h5,7-14,22H,4,6,15-16,29H2,1-3H3,(H,30,35)(H,31,36)(H,32,41)(H,37,38)(H,39,40)/b17-5-,34-33?/t22-/m0/s1. The Morgan fingerprint density at radius 1 is 0.881 bits per heavy atom. The number of aliphatic carboxylic acids is 2. The van der Waals surface area contributed by atoms with E-state index in [4.69, 9.17) is 10.5 Å². The molecule has 0 saturated heterocycles. The van der Waals surface area contributed by atoms with Crippen molar-refractivity contribution in [2.24, 2.45) is 16.0 Å². The van der Waals surface area contributed by atoms with Gasteiger partial charge < -0.3 is 36.6 Å². The third kappa shape index (κ3) is 12.4. The average molecular weight is 583 g/mol. The first-order chi connectivity index (χ1) is 19.8. The summed E-state index contributed by atoms with van der Waals surface area (Å²) in [4.78, 5) is 58.8. The number of carbonyl (C=O) groups is 5. The van der Waals surface area contributed by atoms with Gasteiger partial charge in [0.15, 0.2) is 0 Å². The molecule has 0 radical (unpaired) electrons. The van der Waals surface area contributed by atoms with Crippen molar-refractivity contribution in [2.45, 2.75) is 51.7 Å². The Hall–Kier alpha value is -5.11. The van der Waals surface area contributed by atoms with Crippen molar-refractivity contribution in [3.05, 3.63) is 60.2 Å². The van der Waals surface area contributed by atoms with Crippen LogP contribution in [0.25, 0.3) is 0 Å². The maximum Gasteiger partial charge on any atom is 0.408 e. The Bertz CT molecular complexity index is 1330. The van der Waals surface area contributed by atoms with Crippen LogP contribution in [0.1, 0.15) is 40.0 Å². The monoisotopic (exact) mass is 582 g/mol. The number of carboxylic acids is 2. The van der Waals surface area contributed by atoms with Gasteiger partial charge in [-0.3, -0.25) is 9.59 Å². The summed E-state index contributed by atoms with van der Waals surface area (Å²) in [5, 5.41) is 34.6. The SMILES string of the molecule is CC(C)(C)OC(=O)N[C@@H](C/C(=C/CCC(=O)Nc1ccc(N=Nc2ccc(NC(=O)CN)cc2)cc1)C(=O)O)C(=O)O. The van der Waals surface area contributed by atoms with Gasteiger partial charge in [-0.1, -0.05) is 6.08 Å². The zero-order chi connectivity index (χ0) is 31.3. The number of amides is 3. The third-order valence-corrected chi connectivity index (χ3v) is 5.22. The number of carbonyl (C=O) groups excluding carboxylic acids is 3. The number of anilines is 2. The van der Waals surface area contributed by atoms with Crippen LogP contribution in [-0.2, 0) is 23.9 Å². The predicted molar refractivity (Wildman–Crippen MR) is 154 cm³/mol. The summed E-state index contributed by atoms with van der Waals surface area (Å²) in [7, 11) is 0. The molecule has 0 heterocycles. The largest absolute Gasteiger partial charge is 0.480 e. The van der Waals surface area contributed by atoms with Gasteiger partial charge in [0.2, 0.25) is 11.8 Å². The van der Waals surface area contributed by atoms with E-state index in [1.807, 2.05) is 0 Å². The molecule has 1 atom stereocenters. The summed E-state index contributed by atoms with van der Waals surface area (Å²) in [6.07, 6.45) is -0.298. The molecule has 2 rings (SSSR count). The van der Waals surface area contributed by atoms with E-state index in [2.05, 4.69) is 26.2 Å². The van der Waals surface area contributed by atoms with Gasteiger partial charge in [-0.25, -0.2) is 14.4 Å². The van der Waals surface area contributed by atoms with E-state index < -0.39 is 42.0 Å². The molecule has 2 aromatic carbocycles. The molecular formula is C28H34N6O8. The van der Waals surface area contributed by atoms with Gasteiger partial charge in [0.25, 0.3) is 0 Å². The second-order valence-corrected chi connectivity index (χ2v) is 9.91. The molecule has 0 unspecified atom stereocenters. The minimum atomic E-state index is -1.53. The Morgan fingerprint density at radius 2 is 1.38 bits per heavy atom. The Balaban J connectivity index is 1.90. The topological polar surface area (TPSA) is 222 Å². The molecule has 42 heavy (non-hydrogen) atoms. The third-order valence-electron chi connectivity index (χ3n) is 5.22. The van der Waals surface area contributed by atoms with Crippen molar-refractivity contribution >= 4 is 52.6 Å². The van der Waals surface area contributed by atoms with E-state index in [0.29, 0.717) is 22.7 Å². The summed E-state index contributed by atoms with van der Waals surface area (Å²) in [6.45, 7) is 4.69. The van der Waals surface area contributed by atoms with Gasteiger partial charge in [0.05, 0.1) is 17.9 Å².